The summed E-state index contributed by atoms with van der Waals surface area (Å²) in [6.07, 6.45) is -3.98. The first kappa shape index (κ1) is 26.9. The number of sulfonamides is 1. The van der Waals surface area contributed by atoms with Crippen LogP contribution in [0.4, 0.5) is 18.9 Å². The van der Waals surface area contributed by atoms with Gasteiger partial charge < -0.3 is 20.4 Å². The molecule has 1 heterocycles. The zero-order chi connectivity index (χ0) is 24.7. The summed E-state index contributed by atoms with van der Waals surface area (Å²) in [5, 5.41) is 19.6. The zero-order valence-corrected chi connectivity index (χ0v) is 17.7. The number of hydrogen-bond acceptors (Lipinski definition) is 6. The highest BCUT2D eigenvalue weighted by Crippen LogP contribution is 2.24. The number of aliphatic carboxylic acids is 1. The van der Waals surface area contributed by atoms with E-state index in [-0.39, 0.29) is 43.2 Å². The monoisotopic (exact) mass is 481 g/mol. The molecule has 0 atom stereocenters. The van der Waals surface area contributed by atoms with E-state index in [2.05, 4.69) is 11.9 Å². The maximum atomic E-state index is 12.6. The number of amides is 2. The summed E-state index contributed by atoms with van der Waals surface area (Å²) in [7, 11) is -3.28. The van der Waals surface area contributed by atoms with Crippen LogP contribution < -0.4 is 5.32 Å². The van der Waals surface area contributed by atoms with E-state index in [0.29, 0.717) is 5.69 Å². The van der Waals surface area contributed by atoms with Gasteiger partial charge in [0, 0.05) is 31.9 Å². The van der Waals surface area contributed by atoms with Crippen molar-refractivity contribution in [2.45, 2.75) is 13.1 Å². The van der Waals surface area contributed by atoms with Crippen LogP contribution >= 0.6 is 0 Å². The fourth-order valence-corrected chi connectivity index (χ4v) is 3.59. The Bertz CT molecular complexity index is 973. The number of rotatable bonds is 5. The molecule has 14 heteroatoms. The molecule has 0 aliphatic carbocycles. The molecule has 0 saturated carbocycles. The van der Waals surface area contributed by atoms with E-state index in [1.165, 1.54) is 27.4 Å². The molecular formula is C18H22F3N3O7S. The Balaban J connectivity index is 0.000000633. The number of nitrogens with zero attached hydrogens (tertiary/aromatic N) is 2. The van der Waals surface area contributed by atoms with Crippen LogP contribution in [0.2, 0.25) is 0 Å². The second-order valence-electron chi connectivity index (χ2n) is 6.32. The number of hydrogen-bond donors (Lipinski definition) is 3. The third-order valence-corrected chi connectivity index (χ3v) is 6.09. The van der Waals surface area contributed by atoms with Gasteiger partial charge in [0.1, 0.15) is 5.75 Å². The average Bonchev–Trinajstić information content (AvgIpc) is 2.74. The number of carboxylic acid groups (broad SMARTS) is 1. The second kappa shape index (κ2) is 10.9. The van der Waals surface area contributed by atoms with Crippen LogP contribution in [0.5, 0.6) is 5.75 Å². The van der Waals surface area contributed by atoms with Crippen LogP contribution in [0.25, 0.3) is 0 Å². The van der Waals surface area contributed by atoms with E-state index in [9.17, 15) is 36.3 Å². The predicted molar refractivity (Wildman–Crippen MR) is 108 cm³/mol. The van der Waals surface area contributed by atoms with Crippen molar-refractivity contribution in [1.82, 2.24) is 9.21 Å². The van der Waals surface area contributed by atoms with Gasteiger partial charge in [-0.1, -0.05) is 6.58 Å². The molecule has 1 aromatic rings. The van der Waals surface area contributed by atoms with Crippen LogP contribution in [0.15, 0.2) is 30.9 Å². The smallest absolute Gasteiger partial charge is 0.490 e. The van der Waals surface area contributed by atoms with Gasteiger partial charge in [-0.2, -0.15) is 17.5 Å². The van der Waals surface area contributed by atoms with Crippen molar-refractivity contribution in [2.75, 3.05) is 37.2 Å². The summed E-state index contributed by atoms with van der Waals surface area (Å²) in [6, 6.07) is 4.18. The standard InChI is InChI=1S/C16H21N3O5S.C2HF3O2/c1-3-15(21)17-12-5-6-14(20)13(11-12)16(22)18-7-9-19(10-8-18)25(23,24)4-2;3-2(4,5)1(6)7/h3,5-6,11,20H,1,4,7-10H2,2H3,(H,17,21);(H,6,7). The Kier molecular flexibility index (Phi) is 9.21. The molecule has 1 aromatic carbocycles. The van der Waals surface area contributed by atoms with E-state index in [1.54, 1.807) is 6.92 Å². The van der Waals surface area contributed by atoms with Crippen molar-refractivity contribution in [2.24, 2.45) is 0 Å². The highest BCUT2D eigenvalue weighted by molar-refractivity contribution is 7.89. The Morgan fingerprint density at radius 1 is 1.19 bits per heavy atom. The number of phenolic OH excluding ortho intramolecular Hbond substituents is 1. The normalized spacial score (nSPS) is 14.7. The molecule has 32 heavy (non-hydrogen) atoms. The molecule has 0 aromatic heterocycles. The molecule has 0 radical (unpaired) electrons. The van der Waals surface area contributed by atoms with Gasteiger partial charge in [-0.05, 0) is 31.2 Å². The number of carbonyl (C=O) groups excluding carboxylic acids is 2. The molecular weight excluding hydrogens is 459 g/mol. The van der Waals surface area contributed by atoms with Crippen LogP contribution in [0.3, 0.4) is 0 Å². The molecule has 178 valence electrons. The minimum Gasteiger partial charge on any atom is -0.507 e. The number of phenols is 1. The quantitative estimate of drug-likeness (QED) is 0.424. The van der Waals surface area contributed by atoms with E-state index in [4.69, 9.17) is 9.90 Å². The minimum absolute atomic E-state index is 0.0206. The van der Waals surface area contributed by atoms with Crippen molar-refractivity contribution >= 4 is 33.5 Å². The highest BCUT2D eigenvalue weighted by Gasteiger charge is 2.38. The number of piperazine rings is 1. The van der Waals surface area contributed by atoms with Gasteiger partial charge in [0.05, 0.1) is 11.3 Å². The molecule has 0 bridgehead atoms. The number of carboxylic acids is 1. The lowest BCUT2D eigenvalue weighted by molar-refractivity contribution is -0.192. The maximum Gasteiger partial charge on any atom is 0.490 e. The largest absolute Gasteiger partial charge is 0.507 e. The molecule has 3 N–H and O–H groups in total. The topological polar surface area (TPSA) is 144 Å². The van der Waals surface area contributed by atoms with Gasteiger partial charge in [0.2, 0.25) is 15.9 Å². The van der Waals surface area contributed by atoms with Crippen molar-refractivity contribution in [3.63, 3.8) is 0 Å². The first-order chi connectivity index (χ1) is 14.7. The van der Waals surface area contributed by atoms with E-state index < -0.39 is 34.0 Å². The van der Waals surface area contributed by atoms with Crippen LogP contribution in [-0.2, 0) is 19.6 Å². The van der Waals surface area contributed by atoms with Crippen molar-refractivity contribution in [3.05, 3.63) is 36.4 Å². The molecule has 10 nitrogen and oxygen atoms in total. The van der Waals surface area contributed by atoms with E-state index in [1.807, 2.05) is 0 Å². The van der Waals surface area contributed by atoms with Crippen molar-refractivity contribution in [3.8, 4) is 5.75 Å². The summed E-state index contributed by atoms with van der Waals surface area (Å²) in [5.41, 5.74) is 0.409. The third kappa shape index (κ3) is 7.53. The first-order valence-corrected chi connectivity index (χ1v) is 10.7. The number of anilines is 1. The minimum atomic E-state index is -5.08. The predicted octanol–water partition coefficient (Wildman–Crippen LogP) is 1.26. The Morgan fingerprint density at radius 3 is 2.16 bits per heavy atom. The van der Waals surface area contributed by atoms with Gasteiger partial charge in [-0.25, -0.2) is 13.2 Å². The van der Waals surface area contributed by atoms with Crippen LogP contribution in [0, 0.1) is 0 Å². The molecule has 0 spiro atoms. The second-order valence-corrected chi connectivity index (χ2v) is 8.58. The molecule has 1 aliphatic rings. The maximum absolute atomic E-state index is 12.6. The Hall–Kier alpha value is -3.13. The zero-order valence-electron chi connectivity index (χ0n) is 16.9. The number of benzene rings is 1. The fraction of sp³-hybridized carbons (Fsp3) is 0.389. The molecule has 1 saturated heterocycles. The molecule has 0 unspecified atom stereocenters. The highest BCUT2D eigenvalue weighted by atomic mass is 32.2. The lowest BCUT2D eigenvalue weighted by Crippen LogP contribution is -2.50. The fourth-order valence-electron chi connectivity index (χ4n) is 2.50. The molecule has 2 rings (SSSR count). The van der Waals surface area contributed by atoms with Gasteiger partial charge in [0.25, 0.3) is 5.91 Å². The Labute approximate surface area is 182 Å². The van der Waals surface area contributed by atoms with Crippen LogP contribution in [-0.4, -0.2) is 83.7 Å². The molecule has 1 aliphatic heterocycles. The van der Waals surface area contributed by atoms with Gasteiger partial charge in [-0.15, -0.1) is 0 Å². The number of nitrogens with one attached hydrogen (secondary N) is 1. The summed E-state index contributed by atoms with van der Waals surface area (Å²) < 4.78 is 56.8. The third-order valence-electron chi connectivity index (χ3n) is 4.21. The number of aromatic hydroxyl groups is 1. The summed E-state index contributed by atoms with van der Waals surface area (Å²) in [6.45, 7) is 5.84. The van der Waals surface area contributed by atoms with Gasteiger partial charge in [-0.3, -0.25) is 9.59 Å². The lowest BCUT2D eigenvalue weighted by atomic mass is 10.1. The number of carbonyl (C=O) groups is 3. The van der Waals surface area contributed by atoms with Gasteiger partial charge >= 0.3 is 12.1 Å². The van der Waals surface area contributed by atoms with Crippen LogP contribution in [0.1, 0.15) is 17.3 Å². The first-order valence-electron chi connectivity index (χ1n) is 9.06. The van der Waals surface area contributed by atoms with Crippen molar-refractivity contribution < 1.29 is 46.2 Å². The molecule has 2 amide bonds. The lowest BCUT2D eigenvalue weighted by Gasteiger charge is -2.34. The average molecular weight is 481 g/mol. The number of alkyl halides is 3. The summed E-state index contributed by atoms with van der Waals surface area (Å²) >= 11 is 0. The summed E-state index contributed by atoms with van der Waals surface area (Å²) in [5.74, 6) is -3.78. The molecule has 1 fully saturated rings. The van der Waals surface area contributed by atoms with E-state index >= 15 is 0 Å². The van der Waals surface area contributed by atoms with Crippen molar-refractivity contribution in [1.29, 1.82) is 0 Å². The van der Waals surface area contributed by atoms with E-state index in [0.717, 1.165) is 6.08 Å². The summed E-state index contributed by atoms with van der Waals surface area (Å²) in [4.78, 5) is 34.4. The SMILES string of the molecule is C=CC(=O)Nc1ccc(O)c(C(=O)N2CCN(S(=O)(=O)CC)CC2)c1.O=C(O)C(F)(F)F. The van der Waals surface area contributed by atoms with Gasteiger partial charge in [0.15, 0.2) is 0 Å². The Morgan fingerprint density at radius 2 is 1.72 bits per heavy atom. The number of halogens is 3.